The molecule has 3 N–H and O–H groups in total. The Bertz CT molecular complexity index is 439. The fourth-order valence-corrected chi connectivity index (χ4v) is 2.49. The Hall–Kier alpha value is -1.17. The van der Waals surface area contributed by atoms with E-state index in [1.165, 1.54) is 6.07 Å². The number of anilines is 1. The van der Waals surface area contributed by atoms with Crippen LogP contribution < -0.4 is 10.6 Å². The Morgan fingerprint density at radius 3 is 2.95 bits per heavy atom. The number of hydrogen-bond acceptors (Lipinski definition) is 4. The van der Waals surface area contributed by atoms with Crippen molar-refractivity contribution in [3.8, 4) is 0 Å². The zero-order valence-electron chi connectivity index (χ0n) is 11.3. The maximum atomic E-state index is 14.0. The van der Waals surface area contributed by atoms with Crippen molar-refractivity contribution in [2.45, 2.75) is 32.0 Å². The van der Waals surface area contributed by atoms with Crippen LogP contribution in [0, 0.1) is 5.82 Å². The van der Waals surface area contributed by atoms with Gasteiger partial charge in [0, 0.05) is 29.9 Å². The first-order valence-electron chi connectivity index (χ1n) is 6.57. The first kappa shape index (κ1) is 14.2. The number of nitrogens with two attached hydrogens (primary N) is 1. The number of rotatable bonds is 3. The minimum absolute atomic E-state index is 0.0357. The van der Waals surface area contributed by atoms with Gasteiger partial charge in [-0.3, -0.25) is 0 Å². The summed E-state index contributed by atoms with van der Waals surface area (Å²) >= 11 is 0. The van der Waals surface area contributed by atoms with E-state index >= 15 is 0 Å². The van der Waals surface area contributed by atoms with Gasteiger partial charge in [0.2, 0.25) is 0 Å². The quantitative estimate of drug-likeness (QED) is 0.870. The van der Waals surface area contributed by atoms with Crippen molar-refractivity contribution in [1.82, 2.24) is 0 Å². The van der Waals surface area contributed by atoms with Gasteiger partial charge in [-0.15, -0.1) is 0 Å². The molecule has 4 nitrogen and oxygen atoms in total. The molecule has 0 saturated carbocycles. The van der Waals surface area contributed by atoms with Crippen LogP contribution >= 0.6 is 0 Å². The molecular weight excluding hydrogens is 247 g/mol. The first-order chi connectivity index (χ1) is 9.04. The van der Waals surface area contributed by atoms with Crippen LogP contribution in [-0.4, -0.2) is 37.0 Å². The van der Waals surface area contributed by atoms with Gasteiger partial charge in [-0.25, -0.2) is 4.39 Å². The predicted molar refractivity (Wildman–Crippen MR) is 72.6 cm³/mol. The molecule has 0 spiro atoms. The Balaban J connectivity index is 2.37. The van der Waals surface area contributed by atoms with Crippen LogP contribution in [0.5, 0.6) is 0 Å². The molecule has 0 bridgehead atoms. The van der Waals surface area contributed by atoms with Gasteiger partial charge in [-0.1, -0.05) is 6.07 Å². The van der Waals surface area contributed by atoms with Crippen LogP contribution in [-0.2, 0) is 4.74 Å². The van der Waals surface area contributed by atoms with Crippen LogP contribution in [0.3, 0.4) is 0 Å². The number of ether oxygens (including phenoxy) is 1. The molecule has 0 aliphatic carbocycles. The maximum Gasteiger partial charge on any atom is 0.130 e. The molecular formula is C14H21FN2O2. The molecule has 1 aliphatic heterocycles. The summed E-state index contributed by atoms with van der Waals surface area (Å²) in [5.74, 6) is -0.285. The third-order valence-corrected chi connectivity index (χ3v) is 3.50. The number of aliphatic hydroxyl groups is 1. The van der Waals surface area contributed by atoms with Crippen LogP contribution in [0.2, 0.25) is 0 Å². The number of morpholine rings is 1. The molecule has 1 aromatic carbocycles. The maximum absolute atomic E-state index is 14.0. The molecule has 1 aliphatic rings. The lowest BCUT2D eigenvalue weighted by molar-refractivity contribution is -0.0104. The molecule has 0 amide bonds. The summed E-state index contributed by atoms with van der Waals surface area (Å²) in [5.41, 5.74) is 7.20. The molecule has 2 unspecified atom stereocenters. The van der Waals surface area contributed by atoms with Gasteiger partial charge in [-0.05, 0) is 26.0 Å². The van der Waals surface area contributed by atoms with E-state index in [1.807, 2.05) is 13.0 Å². The second-order valence-corrected chi connectivity index (χ2v) is 5.10. The van der Waals surface area contributed by atoms with Crippen molar-refractivity contribution in [2.75, 3.05) is 24.7 Å². The van der Waals surface area contributed by atoms with Gasteiger partial charge in [-0.2, -0.15) is 0 Å². The zero-order chi connectivity index (χ0) is 14.0. The fraction of sp³-hybridized carbons (Fsp3) is 0.571. The molecule has 3 atom stereocenters. The van der Waals surface area contributed by atoms with E-state index in [1.54, 1.807) is 13.0 Å². The molecule has 1 heterocycles. The zero-order valence-corrected chi connectivity index (χ0v) is 11.3. The van der Waals surface area contributed by atoms with Crippen molar-refractivity contribution in [3.05, 3.63) is 29.6 Å². The van der Waals surface area contributed by atoms with Crippen LogP contribution in [0.15, 0.2) is 18.2 Å². The topological polar surface area (TPSA) is 58.7 Å². The standard InChI is InChI=1S/C14H21FN2O2/c1-9-8-19-11(7-18)6-17(9)13-5-3-4-12(15)14(13)10(2)16/h3-5,9-11,18H,6-8,16H2,1-2H3/t9?,10-,11?/m0/s1. The number of hydrogen-bond donors (Lipinski definition) is 2. The highest BCUT2D eigenvalue weighted by atomic mass is 19.1. The normalized spacial score (nSPS) is 25.4. The summed E-state index contributed by atoms with van der Waals surface area (Å²) in [6.07, 6.45) is -0.236. The smallest absolute Gasteiger partial charge is 0.130 e. The number of halogens is 1. The van der Waals surface area contributed by atoms with Crippen molar-refractivity contribution < 1.29 is 14.2 Å². The van der Waals surface area contributed by atoms with Gasteiger partial charge >= 0.3 is 0 Å². The van der Waals surface area contributed by atoms with Gasteiger partial charge in [0.15, 0.2) is 0 Å². The van der Waals surface area contributed by atoms with E-state index in [0.29, 0.717) is 18.7 Å². The third-order valence-electron chi connectivity index (χ3n) is 3.50. The summed E-state index contributed by atoms with van der Waals surface area (Å²) in [6, 6.07) is 4.74. The highest BCUT2D eigenvalue weighted by Gasteiger charge is 2.28. The highest BCUT2D eigenvalue weighted by molar-refractivity contribution is 5.56. The first-order valence-corrected chi connectivity index (χ1v) is 6.57. The molecule has 2 rings (SSSR count). The van der Waals surface area contributed by atoms with Gasteiger partial charge in [0.05, 0.1) is 19.3 Å². The van der Waals surface area contributed by atoms with Crippen LogP contribution in [0.1, 0.15) is 25.5 Å². The molecule has 19 heavy (non-hydrogen) atoms. The Kier molecular flexibility index (Phi) is 4.39. The largest absolute Gasteiger partial charge is 0.394 e. The molecule has 1 fully saturated rings. The van der Waals surface area contributed by atoms with Crippen molar-refractivity contribution in [3.63, 3.8) is 0 Å². The Morgan fingerprint density at radius 2 is 2.32 bits per heavy atom. The Morgan fingerprint density at radius 1 is 1.58 bits per heavy atom. The highest BCUT2D eigenvalue weighted by Crippen LogP contribution is 2.31. The lowest BCUT2D eigenvalue weighted by Crippen LogP contribution is -2.50. The average Bonchev–Trinajstić information content (AvgIpc) is 2.38. The van der Waals surface area contributed by atoms with Gasteiger partial charge < -0.3 is 20.5 Å². The second-order valence-electron chi connectivity index (χ2n) is 5.10. The minimum atomic E-state index is -0.376. The minimum Gasteiger partial charge on any atom is -0.394 e. The third kappa shape index (κ3) is 2.88. The monoisotopic (exact) mass is 268 g/mol. The molecule has 1 saturated heterocycles. The molecule has 5 heteroatoms. The van der Waals surface area contributed by atoms with Crippen LogP contribution in [0.4, 0.5) is 10.1 Å². The second kappa shape index (κ2) is 5.86. The van der Waals surface area contributed by atoms with E-state index in [-0.39, 0.29) is 30.6 Å². The van der Waals surface area contributed by atoms with E-state index < -0.39 is 0 Å². The van der Waals surface area contributed by atoms with Crippen molar-refractivity contribution in [1.29, 1.82) is 0 Å². The molecule has 1 aromatic rings. The van der Waals surface area contributed by atoms with E-state index in [9.17, 15) is 9.50 Å². The van der Waals surface area contributed by atoms with Crippen LogP contribution in [0.25, 0.3) is 0 Å². The number of aliphatic hydroxyl groups excluding tert-OH is 1. The van der Waals surface area contributed by atoms with Crippen molar-refractivity contribution in [2.24, 2.45) is 5.73 Å². The summed E-state index contributed by atoms with van der Waals surface area (Å²) in [6.45, 7) is 4.81. The SMILES string of the molecule is CC1COC(CO)CN1c1cccc(F)c1[C@H](C)N. The lowest BCUT2D eigenvalue weighted by Gasteiger charge is -2.40. The molecule has 0 radical (unpaired) electrons. The lowest BCUT2D eigenvalue weighted by atomic mass is 10.0. The van der Waals surface area contributed by atoms with Crippen molar-refractivity contribution >= 4 is 5.69 Å². The molecule has 0 aromatic heterocycles. The fourth-order valence-electron chi connectivity index (χ4n) is 2.49. The summed E-state index contributed by atoms with van der Waals surface area (Å²) in [5, 5.41) is 9.22. The summed E-state index contributed by atoms with van der Waals surface area (Å²) in [7, 11) is 0. The molecule has 106 valence electrons. The van der Waals surface area contributed by atoms with E-state index in [0.717, 1.165) is 5.69 Å². The van der Waals surface area contributed by atoms with Gasteiger partial charge in [0.25, 0.3) is 0 Å². The predicted octanol–water partition coefficient (Wildman–Crippen LogP) is 1.43. The van der Waals surface area contributed by atoms with Gasteiger partial charge in [0.1, 0.15) is 5.82 Å². The number of nitrogens with zero attached hydrogens (tertiary/aromatic N) is 1. The summed E-state index contributed by atoms with van der Waals surface area (Å²) < 4.78 is 19.5. The van der Waals surface area contributed by atoms with E-state index in [2.05, 4.69) is 4.90 Å². The summed E-state index contributed by atoms with van der Waals surface area (Å²) in [4.78, 5) is 2.06. The Labute approximate surface area is 113 Å². The van der Waals surface area contributed by atoms with E-state index in [4.69, 9.17) is 10.5 Å². The average molecular weight is 268 g/mol. The number of benzene rings is 1.